The van der Waals surface area contributed by atoms with Crippen LogP contribution in [0.15, 0.2) is 6.07 Å². The summed E-state index contributed by atoms with van der Waals surface area (Å²) in [7, 11) is 0. The van der Waals surface area contributed by atoms with E-state index < -0.39 is 0 Å². The van der Waals surface area contributed by atoms with Crippen LogP contribution in [0.5, 0.6) is 11.5 Å². The molecule has 1 saturated heterocycles. The number of rotatable bonds is 2. The van der Waals surface area contributed by atoms with Crippen LogP contribution in [0.2, 0.25) is 5.02 Å². The molecule has 104 valence electrons. The van der Waals surface area contributed by atoms with Crippen molar-refractivity contribution in [2.45, 2.75) is 38.6 Å². The molecule has 0 amide bonds. The second-order valence-corrected chi connectivity index (χ2v) is 5.74. The molecular formula is C15H20ClNO2. The standard InChI is InChI=1S/C15H20ClNO2/c1-10-12(8-11-4-2-5-17-11)13(16)9-14-15(10)19-7-3-6-18-14/h9,11,17H,2-8H2,1H3. The minimum atomic E-state index is 0.543. The predicted molar refractivity (Wildman–Crippen MR) is 76.5 cm³/mol. The minimum absolute atomic E-state index is 0.543. The molecule has 2 aliphatic heterocycles. The Morgan fingerprint density at radius 3 is 2.95 bits per heavy atom. The second-order valence-electron chi connectivity index (χ2n) is 5.34. The van der Waals surface area contributed by atoms with E-state index in [1.54, 1.807) is 0 Å². The third-order valence-corrected chi connectivity index (χ3v) is 4.31. The Morgan fingerprint density at radius 1 is 1.32 bits per heavy atom. The summed E-state index contributed by atoms with van der Waals surface area (Å²) in [5, 5.41) is 4.32. The number of hydrogen-bond donors (Lipinski definition) is 1. The number of fused-ring (bicyclic) bond motifs is 1. The number of nitrogens with one attached hydrogen (secondary N) is 1. The normalized spacial score (nSPS) is 22.3. The summed E-state index contributed by atoms with van der Waals surface area (Å²) in [6.07, 6.45) is 4.38. The molecule has 2 aliphatic rings. The van der Waals surface area contributed by atoms with Crippen LogP contribution in [-0.4, -0.2) is 25.8 Å². The van der Waals surface area contributed by atoms with Crippen LogP contribution < -0.4 is 14.8 Å². The Morgan fingerprint density at radius 2 is 2.16 bits per heavy atom. The van der Waals surface area contributed by atoms with Crippen LogP contribution >= 0.6 is 11.6 Å². The highest BCUT2D eigenvalue weighted by Gasteiger charge is 2.22. The lowest BCUT2D eigenvalue weighted by atomic mass is 9.99. The third kappa shape index (κ3) is 2.67. The van der Waals surface area contributed by atoms with Crippen molar-refractivity contribution in [3.63, 3.8) is 0 Å². The Labute approximate surface area is 119 Å². The number of hydrogen-bond acceptors (Lipinski definition) is 3. The SMILES string of the molecule is Cc1c(CC2CCCN2)c(Cl)cc2c1OCCCO2. The highest BCUT2D eigenvalue weighted by atomic mass is 35.5. The average molecular weight is 282 g/mol. The van der Waals surface area contributed by atoms with Gasteiger partial charge in [0.1, 0.15) is 0 Å². The minimum Gasteiger partial charge on any atom is -0.489 e. The number of halogens is 1. The lowest BCUT2D eigenvalue weighted by Gasteiger charge is -2.18. The van der Waals surface area contributed by atoms with Gasteiger partial charge in [0, 0.05) is 23.6 Å². The van der Waals surface area contributed by atoms with Gasteiger partial charge in [-0.15, -0.1) is 0 Å². The van der Waals surface area contributed by atoms with E-state index in [4.69, 9.17) is 21.1 Å². The van der Waals surface area contributed by atoms with E-state index in [9.17, 15) is 0 Å². The summed E-state index contributed by atoms with van der Waals surface area (Å²) in [4.78, 5) is 0. The van der Waals surface area contributed by atoms with Crippen LogP contribution in [0.3, 0.4) is 0 Å². The van der Waals surface area contributed by atoms with Gasteiger partial charge in [0.05, 0.1) is 13.2 Å². The highest BCUT2D eigenvalue weighted by Crippen LogP contribution is 2.40. The van der Waals surface area contributed by atoms with Gasteiger partial charge in [-0.25, -0.2) is 0 Å². The zero-order valence-electron chi connectivity index (χ0n) is 11.3. The summed E-state index contributed by atoms with van der Waals surface area (Å²) < 4.78 is 11.5. The molecule has 4 heteroatoms. The fourth-order valence-electron chi connectivity index (χ4n) is 2.90. The van der Waals surface area contributed by atoms with Crippen LogP contribution in [-0.2, 0) is 6.42 Å². The Balaban J connectivity index is 1.92. The first-order valence-electron chi connectivity index (χ1n) is 7.06. The van der Waals surface area contributed by atoms with Gasteiger partial charge in [-0.3, -0.25) is 0 Å². The fraction of sp³-hybridized carbons (Fsp3) is 0.600. The Kier molecular flexibility index (Phi) is 3.85. The lowest BCUT2D eigenvalue weighted by molar-refractivity contribution is 0.296. The molecule has 0 aliphatic carbocycles. The summed E-state index contributed by atoms with van der Waals surface area (Å²) in [5.74, 6) is 1.68. The maximum absolute atomic E-state index is 6.43. The van der Waals surface area contributed by atoms with Crippen molar-refractivity contribution in [2.24, 2.45) is 0 Å². The topological polar surface area (TPSA) is 30.5 Å². The molecule has 3 rings (SSSR count). The van der Waals surface area contributed by atoms with Gasteiger partial charge >= 0.3 is 0 Å². The first kappa shape index (κ1) is 13.1. The maximum atomic E-state index is 6.43. The van der Waals surface area contributed by atoms with Gasteiger partial charge < -0.3 is 14.8 Å². The zero-order valence-corrected chi connectivity index (χ0v) is 12.1. The first-order chi connectivity index (χ1) is 9.25. The van der Waals surface area contributed by atoms with E-state index in [0.717, 1.165) is 48.1 Å². The average Bonchev–Trinajstić information content (AvgIpc) is 2.79. The van der Waals surface area contributed by atoms with Gasteiger partial charge in [0.25, 0.3) is 0 Å². The van der Waals surface area contributed by atoms with Crippen molar-refractivity contribution >= 4 is 11.6 Å². The molecule has 3 nitrogen and oxygen atoms in total. The molecule has 0 spiro atoms. The van der Waals surface area contributed by atoms with Crippen molar-refractivity contribution in [1.29, 1.82) is 0 Å². The quantitative estimate of drug-likeness (QED) is 0.904. The molecule has 19 heavy (non-hydrogen) atoms. The number of ether oxygens (including phenoxy) is 2. The van der Waals surface area contributed by atoms with E-state index in [-0.39, 0.29) is 0 Å². The monoisotopic (exact) mass is 281 g/mol. The molecule has 1 fully saturated rings. The Bertz CT molecular complexity index is 470. The maximum Gasteiger partial charge on any atom is 0.164 e. The molecular weight excluding hydrogens is 262 g/mol. The highest BCUT2D eigenvalue weighted by molar-refractivity contribution is 6.31. The summed E-state index contributed by atoms with van der Waals surface area (Å²) in [5.41, 5.74) is 2.34. The molecule has 1 atom stereocenters. The van der Waals surface area contributed by atoms with Gasteiger partial charge in [0.15, 0.2) is 11.5 Å². The van der Waals surface area contributed by atoms with Crippen molar-refractivity contribution in [3.8, 4) is 11.5 Å². The molecule has 1 aromatic rings. The molecule has 0 saturated carbocycles. The van der Waals surface area contributed by atoms with Gasteiger partial charge in [0.2, 0.25) is 0 Å². The van der Waals surface area contributed by atoms with E-state index in [1.165, 1.54) is 18.4 Å². The molecule has 1 unspecified atom stereocenters. The Hall–Kier alpha value is -0.930. The fourth-order valence-corrected chi connectivity index (χ4v) is 3.22. The van der Waals surface area contributed by atoms with Gasteiger partial charge in [-0.05, 0) is 43.9 Å². The van der Waals surface area contributed by atoms with Crippen molar-refractivity contribution in [2.75, 3.05) is 19.8 Å². The van der Waals surface area contributed by atoms with E-state index in [2.05, 4.69) is 12.2 Å². The van der Waals surface area contributed by atoms with E-state index >= 15 is 0 Å². The molecule has 2 heterocycles. The van der Waals surface area contributed by atoms with Crippen LogP contribution in [0.1, 0.15) is 30.4 Å². The zero-order chi connectivity index (χ0) is 13.2. The second kappa shape index (κ2) is 5.59. The van der Waals surface area contributed by atoms with Crippen LogP contribution in [0, 0.1) is 6.92 Å². The molecule has 0 aromatic heterocycles. The largest absolute Gasteiger partial charge is 0.489 e. The molecule has 1 N–H and O–H groups in total. The summed E-state index contributed by atoms with van der Waals surface area (Å²) in [6.45, 7) is 4.62. The predicted octanol–water partition coefficient (Wildman–Crippen LogP) is 3.10. The van der Waals surface area contributed by atoms with E-state index in [1.807, 2.05) is 6.07 Å². The van der Waals surface area contributed by atoms with Gasteiger partial charge in [-0.1, -0.05) is 11.6 Å². The van der Waals surface area contributed by atoms with Crippen molar-refractivity contribution < 1.29 is 9.47 Å². The summed E-state index contributed by atoms with van der Waals surface area (Å²) in [6, 6.07) is 2.46. The summed E-state index contributed by atoms with van der Waals surface area (Å²) >= 11 is 6.43. The van der Waals surface area contributed by atoms with Crippen LogP contribution in [0.4, 0.5) is 0 Å². The van der Waals surface area contributed by atoms with Crippen molar-refractivity contribution in [1.82, 2.24) is 5.32 Å². The first-order valence-corrected chi connectivity index (χ1v) is 7.44. The van der Waals surface area contributed by atoms with Crippen LogP contribution in [0.25, 0.3) is 0 Å². The third-order valence-electron chi connectivity index (χ3n) is 3.97. The van der Waals surface area contributed by atoms with E-state index in [0.29, 0.717) is 12.6 Å². The smallest absolute Gasteiger partial charge is 0.164 e. The molecule has 0 radical (unpaired) electrons. The van der Waals surface area contributed by atoms with Gasteiger partial charge in [-0.2, -0.15) is 0 Å². The number of benzene rings is 1. The molecule has 0 bridgehead atoms. The lowest BCUT2D eigenvalue weighted by Crippen LogP contribution is -2.24. The van der Waals surface area contributed by atoms with Crippen molar-refractivity contribution in [3.05, 3.63) is 22.2 Å². The molecule has 1 aromatic carbocycles.